The molecule has 0 bridgehead atoms. The van der Waals surface area contributed by atoms with Crippen LogP contribution < -0.4 is 0 Å². The van der Waals surface area contributed by atoms with Crippen molar-refractivity contribution in [1.82, 2.24) is 4.37 Å². The Morgan fingerprint density at radius 2 is 1.74 bits per heavy atom. The predicted octanol–water partition coefficient (Wildman–Crippen LogP) is 4.79. The summed E-state index contributed by atoms with van der Waals surface area (Å²) in [4.78, 5) is 11.0. The lowest BCUT2D eigenvalue weighted by molar-refractivity contribution is 0.112. The number of aryl methyl sites for hydroxylation is 2. The minimum absolute atomic E-state index is 0.597. The van der Waals surface area contributed by atoms with Crippen molar-refractivity contribution in [1.29, 1.82) is 0 Å². The van der Waals surface area contributed by atoms with E-state index < -0.39 is 0 Å². The van der Waals surface area contributed by atoms with Crippen molar-refractivity contribution < 1.29 is 4.79 Å². The lowest BCUT2D eigenvalue weighted by Gasteiger charge is -2.09. The summed E-state index contributed by atoms with van der Waals surface area (Å²) in [5.74, 6) is 0. The maximum absolute atomic E-state index is 11.0. The number of unbranched alkanes of at least 4 members (excludes halogenated alkanes) is 2. The van der Waals surface area contributed by atoms with Crippen LogP contribution in [0.25, 0.3) is 10.1 Å². The molecule has 0 aliphatic rings. The Bertz CT molecular complexity index is 559. The van der Waals surface area contributed by atoms with Crippen LogP contribution >= 0.6 is 11.5 Å². The van der Waals surface area contributed by atoms with Crippen LogP contribution in [0.2, 0.25) is 0 Å². The molecule has 2 rings (SSSR count). The lowest BCUT2D eigenvalue weighted by Crippen LogP contribution is -1.95. The van der Waals surface area contributed by atoms with E-state index in [0.29, 0.717) is 5.69 Å². The average Bonchev–Trinajstić information content (AvgIpc) is 2.84. The summed E-state index contributed by atoms with van der Waals surface area (Å²) in [6.45, 7) is 4.44. The number of aromatic nitrogens is 1. The first-order valence-corrected chi connectivity index (χ1v) is 7.93. The number of hydrogen-bond acceptors (Lipinski definition) is 3. The molecule has 0 saturated carbocycles. The first kappa shape index (κ1) is 14.2. The summed E-state index contributed by atoms with van der Waals surface area (Å²) >= 11 is 1.44. The van der Waals surface area contributed by atoms with E-state index in [2.05, 4.69) is 30.4 Å². The van der Waals surface area contributed by atoms with E-state index >= 15 is 0 Å². The molecule has 0 radical (unpaired) electrons. The molecule has 0 unspecified atom stereocenters. The molecule has 0 saturated heterocycles. The predicted molar refractivity (Wildman–Crippen MR) is 82.2 cm³/mol. The zero-order chi connectivity index (χ0) is 13.7. The monoisotopic (exact) mass is 275 g/mol. The normalized spacial score (nSPS) is 11.1. The van der Waals surface area contributed by atoms with Crippen molar-refractivity contribution in [3.63, 3.8) is 0 Å². The number of hydrogen-bond donors (Lipinski definition) is 0. The molecule has 0 amide bonds. The zero-order valence-corrected chi connectivity index (χ0v) is 12.6. The van der Waals surface area contributed by atoms with Gasteiger partial charge in [-0.05, 0) is 60.5 Å². The second kappa shape index (κ2) is 6.80. The molecule has 102 valence electrons. The minimum atomic E-state index is 0.597. The van der Waals surface area contributed by atoms with Crippen LogP contribution in [-0.4, -0.2) is 10.7 Å². The van der Waals surface area contributed by atoms with Crippen molar-refractivity contribution in [3.05, 3.63) is 29.0 Å². The molecule has 2 aromatic rings. The first-order valence-electron chi connectivity index (χ1n) is 7.16. The van der Waals surface area contributed by atoms with Crippen molar-refractivity contribution in [2.45, 2.75) is 52.4 Å². The molecule has 1 heterocycles. The van der Waals surface area contributed by atoms with Gasteiger partial charge in [0.1, 0.15) is 5.69 Å². The Morgan fingerprint density at radius 3 is 2.32 bits per heavy atom. The second-order valence-corrected chi connectivity index (χ2v) is 5.81. The molecule has 0 spiro atoms. The van der Waals surface area contributed by atoms with Gasteiger partial charge in [-0.2, -0.15) is 4.37 Å². The molecular formula is C16H21NOS. The molecule has 19 heavy (non-hydrogen) atoms. The van der Waals surface area contributed by atoms with E-state index in [0.717, 1.165) is 29.2 Å². The number of fused-ring (bicyclic) bond motifs is 1. The van der Waals surface area contributed by atoms with Crippen LogP contribution in [0, 0.1) is 0 Å². The number of carbonyl (C=O) groups is 1. The quantitative estimate of drug-likeness (QED) is 0.680. The fraction of sp³-hybridized carbons (Fsp3) is 0.500. The van der Waals surface area contributed by atoms with Gasteiger partial charge in [-0.15, -0.1) is 0 Å². The van der Waals surface area contributed by atoms with E-state index in [1.54, 1.807) is 0 Å². The highest BCUT2D eigenvalue weighted by Gasteiger charge is 2.10. The molecule has 3 heteroatoms. The second-order valence-electron chi connectivity index (χ2n) is 5.01. The van der Waals surface area contributed by atoms with Gasteiger partial charge in [-0.25, -0.2) is 0 Å². The van der Waals surface area contributed by atoms with Gasteiger partial charge in [0.2, 0.25) is 0 Å². The summed E-state index contributed by atoms with van der Waals surface area (Å²) in [6, 6.07) is 4.45. The molecule has 2 nitrogen and oxygen atoms in total. The molecular weight excluding hydrogens is 254 g/mol. The van der Waals surface area contributed by atoms with E-state index in [1.807, 2.05) is 0 Å². The highest BCUT2D eigenvalue weighted by molar-refractivity contribution is 7.13. The van der Waals surface area contributed by atoms with Crippen molar-refractivity contribution in [2.24, 2.45) is 0 Å². The third-order valence-corrected chi connectivity index (χ3v) is 4.35. The van der Waals surface area contributed by atoms with Gasteiger partial charge in [0, 0.05) is 5.39 Å². The van der Waals surface area contributed by atoms with E-state index in [4.69, 9.17) is 0 Å². The number of carbonyl (C=O) groups excluding carboxylic acids is 1. The van der Waals surface area contributed by atoms with Gasteiger partial charge >= 0.3 is 0 Å². The van der Waals surface area contributed by atoms with Crippen LogP contribution in [0.1, 0.15) is 61.1 Å². The third-order valence-electron chi connectivity index (χ3n) is 3.53. The van der Waals surface area contributed by atoms with Gasteiger partial charge in [0.15, 0.2) is 6.29 Å². The molecule has 1 aromatic carbocycles. The molecule has 1 aromatic heterocycles. The minimum Gasteiger partial charge on any atom is -0.296 e. The summed E-state index contributed by atoms with van der Waals surface area (Å²) in [6.07, 6.45) is 7.97. The summed E-state index contributed by atoms with van der Waals surface area (Å²) in [5.41, 5.74) is 3.45. The molecule has 0 aliphatic heterocycles. The van der Waals surface area contributed by atoms with Crippen molar-refractivity contribution in [3.8, 4) is 0 Å². The van der Waals surface area contributed by atoms with Gasteiger partial charge in [0.25, 0.3) is 0 Å². The Labute approximate surface area is 119 Å². The SMILES string of the molecule is CCCCc1cc2snc(C=O)c2cc1CCCC. The Morgan fingerprint density at radius 1 is 1.11 bits per heavy atom. The van der Waals surface area contributed by atoms with Gasteiger partial charge < -0.3 is 0 Å². The molecule has 0 fully saturated rings. The third kappa shape index (κ3) is 3.21. The zero-order valence-electron chi connectivity index (χ0n) is 11.7. The Balaban J connectivity index is 2.41. The van der Waals surface area contributed by atoms with Crippen LogP contribution in [-0.2, 0) is 12.8 Å². The van der Waals surface area contributed by atoms with E-state index in [1.165, 1.54) is 48.3 Å². The standard InChI is InChI=1S/C16H21NOS/c1-3-5-7-12-9-14-15(11-18)17-19-16(14)10-13(12)8-6-4-2/h9-11H,3-8H2,1-2H3. The van der Waals surface area contributed by atoms with Gasteiger partial charge in [-0.1, -0.05) is 26.7 Å². The summed E-state index contributed by atoms with van der Waals surface area (Å²) in [5, 5.41) is 1.03. The Kier molecular flexibility index (Phi) is 5.08. The number of aldehydes is 1. The average molecular weight is 275 g/mol. The highest BCUT2D eigenvalue weighted by atomic mass is 32.1. The highest BCUT2D eigenvalue weighted by Crippen LogP contribution is 2.27. The topological polar surface area (TPSA) is 30.0 Å². The fourth-order valence-corrected chi connectivity index (χ4v) is 3.17. The van der Waals surface area contributed by atoms with Gasteiger partial charge in [-0.3, -0.25) is 4.79 Å². The number of benzene rings is 1. The molecule has 0 atom stereocenters. The summed E-state index contributed by atoms with van der Waals surface area (Å²) < 4.78 is 5.38. The molecule has 0 aliphatic carbocycles. The number of nitrogens with zero attached hydrogens (tertiary/aromatic N) is 1. The Hall–Kier alpha value is -1.22. The summed E-state index contributed by atoms with van der Waals surface area (Å²) in [7, 11) is 0. The maximum Gasteiger partial charge on any atom is 0.170 e. The lowest BCUT2D eigenvalue weighted by atomic mass is 9.96. The largest absolute Gasteiger partial charge is 0.296 e. The van der Waals surface area contributed by atoms with Crippen LogP contribution in [0.4, 0.5) is 0 Å². The van der Waals surface area contributed by atoms with Gasteiger partial charge in [0.05, 0.1) is 4.70 Å². The maximum atomic E-state index is 11.0. The van der Waals surface area contributed by atoms with Crippen LogP contribution in [0.3, 0.4) is 0 Å². The van der Waals surface area contributed by atoms with E-state index in [-0.39, 0.29) is 0 Å². The van der Waals surface area contributed by atoms with Crippen molar-refractivity contribution in [2.75, 3.05) is 0 Å². The van der Waals surface area contributed by atoms with Crippen molar-refractivity contribution >= 4 is 27.9 Å². The number of rotatable bonds is 7. The first-order chi connectivity index (χ1) is 9.30. The fourth-order valence-electron chi connectivity index (χ4n) is 2.37. The van der Waals surface area contributed by atoms with Crippen LogP contribution in [0.5, 0.6) is 0 Å². The molecule has 0 N–H and O–H groups in total. The van der Waals surface area contributed by atoms with Crippen LogP contribution in [0.15, 0.2) is 12.1 Å². The van der Waals surface area contributed by atoms with E-state index in [9.17, 15) is 4.79 Å². The smallest absolute Gasteiger partial charge is 0.170 e.